The maximum absolute atomic E-state index is 12.5. The van der Waals surface area contributed by atoms with Gasteiger partial charge in [-0.25, -0.2) is 4.98 Å². The Morgan fingerprint density at radius 2 is 2.15 bits per heavy atom. The van der Waals surface area contributed by atoms with Crippen molar-refractivity contribution >= 4 is 10.9 Å². The molecule has 0 radical (unpaired) electrons. The van der Waals surface area contributed by atoms with E-state index in [1.165, 1.54) is 10.9 Å². The molecule has 5 nitrogen and oxygen atoms in total. The largest absolute Gasteiger partial charge is 0.388 e. The second-order valence-electron chi connectivity index (χ2n) is 5.30. The summed E-state index contributed by atoms with van der Waals surface area (Å²) >= 11 is 0. The number of rotatable bonds is 2. The van der Waals surface area contributed by atoms with Gasteiger partial charge in [0.05, 0.1) is 17.0 Å². The zero-order chi connectivity index (χ0) is 14.3. The van der Waals surface area contributed by atoms with Crippen LogP contribution < -0.4 is 5.56 Å². The Hall–Kier alpha value is -1.72. The number of fused-ring (bicyclic) bond motifs is 1. The minimum atomic E-state index is -0.694. The molecule has 1 aromatic carbocycles. The highest BCUT2D eigenvalue weighted by Gasteiger charge is 2.41. The van der Waals surface area contributed by atoms with Crippen molar-refractivity contribution in [3.8, 4) is 0 Å². The second kappa shape index (κ2) is 5.00. The van der Waals surface area contributed by atoms with Crippen LogP contribution in [0.2, 0.25) is 0 Å². The van der Waals surface area contributed by atoms with Crippen LogP contribution in [0.4, 0.5) is 0 Å². The van der Waals surface area contributed by atoms with Gasteiger partial charge in [0.15, 0.2) is 6.23 Å². The SMILES string of the molecule is CC[C@H]1O[C@@H](n2cnc3ccccc3c2=O)[C@H](O)[C@@H]1C. The average molecular weight is 274 g/mol. The molecule has 0 unspecified atom stereocenters. The molecule has 0 spiro atoms. The first-order valence-corrected chi connectivity index (χ1v) is 6.93. The number of ether oxygens (including phenoxy) is 1. The first-order chi connectivity index (χ1) is 9.63. The molecular weight excluding hydrogens is 256 g/mol. The number of hydrogen-bond acceptors (Lipinski definition) is 4. The third kappa shape index (κ3) is 1.94. The van der Waals surface area contributed by atoms with Gasteiger partial charge < -0.3 is 9.84 Å². The summed E-state index contributed by atoms with van der Waals surface area (Å²) in [6.07, 6.45) is 0.891. The van der Waals surface area contributed by atoms with Crippen LogP contribution in [0.25, 0.3) is 10.9 Å². The molecule has 106 valence electrons. The highest BCUT2D eigenvalue weighted by atomic mass is 16.5. The summed E-state index contributed by atoms with van der Waals surface area (Å²) in [6, 6.07) is 7.18. The van der Waals surface area contributed by atoms with Crippen molar-refractivity contribution in [2.24, 2.45) is 5.92 Å². The van der Waals surface area contributed by atoms with Gasteiger partial charge in [0.25, 0.3) is 5.56 Å². The molecule has 1 fully saturated rings. The van der Waals surface area contributed by atoms with E-state index in [0.29, 0.717) is 10.9 Å². The Balaban J connectivity index is 2.07. The molecule has 2 heterocycles. The molecule has 1 aliphatic rings. The van der Waals surface area contributed by atoms with Crippen molar-refractivity contribution in [1.82, 2.24) is 9.55 Å². The van der Waals surface area contributed by atoms with Crippen LogP contribution in [0.15, 0.2) is 35.4 Å². The van der Waals surface area contributed by atoms with E-state index in [2.05, 4.69) is 4.98 Å². The topological polar surface area (TPSA) is 64.4 Å². The third-order valence-corrected chi connectivity index (χ3v) is 4.10. The van der Waals surface area contributed by atoms with E-state index in [1.54, 1.807) is 18.2 Å². The maximum atomic E-state index is 12.5. The number of para-hydroxylation sites is 1. The molecular formula is C15H18N2O3. The molecule has 5 heteroatoms. The second-order valence-corrected chi connectivity index (χ2v) is 5.30. The smallest absolute Gasteiger partial charge is 0.263 e. The predicted molar refractivity (Wildman–Crippen MR) is 75.4 cm³/mol. The van der Waals surface area contributed by atoms with Crippen molar-refractivity contribution in [2.45, 2.75) is 38.7 Å². The Labute approximate surface area is 116 Å². The number of aliphatic hydroxyl groups excluding tert-OH is 1. The van der Waals surface area contributed by atoms with Gasteiger partial charge >= 0.3 is 0 Å². The number of hydrogen-bond donors (Lipinski definition) is 1. The molecule has 1 saturated heterocycles. The summed E-state index contributed by atoms with van der Waals surface area (Å²) in [5.74, 6) is 0.00312. The Bertz CT molecular complexity index is 682. The zero-order valence-electron chi connectivity index (χ0n) is 11.6. The van der Waals surface area contributed by atoms with Crippen molar-refractivity contribution in [1.29, 1.82) is 0 Å². The lowest BCUT2D eigenvalue weighted by Gasteiger charge is -2.18. The van der Waals surface area contributed by atoms with E-state index in [1.807, 2.05) is 19.9 Å². The molecule has 2 aromatic rings. The molecule has 3 rings (SSSR count). The standard InChI is InChI=1S/C15H18N2O3/c1-3-12-9(2)13(18)15(20-12)17-8-16-11-7-5-4-6-10(11)14(17)19/h4-9,12-13,15,18H,3H2,1-2H3/t9-,12-,13-,15-/m1/s1. The van der Waals surface area contributed by atoms with E-state index in [9.17, 15) is 9.90 Å². The molecule has 4 atom stereocenters. The summed E-state index contributed by atoms with van der Waals surface area (Å²) in [4.78, 5) is 16.8. The fraction of sp³-hybridized carbons (Fsp3) is 0.467. The van der Waals surface area contributed by atoms with Crippen LogP contribution in [0, 0.1) is 5.92 Å². The summed E-state index contributed by atoms with van der Waals surface area (Å²) in [5.41, 5.74) is 0.477. The molecule has 0 saturated carbocycles. The summed E-state index contributed by atoms with van der Waals surface area (Å²) in [7, 11) is 0. The van der Waals surface area contributed by atoms with Gasteiger partial charge in [0.1, 0.15) is 12.4 Å². The molecule has 20 heavy (non-hydrogen) atoms. The lowest BCUT2D eigenvalue weighted by molar-refractivity contribution is -0.0399. The van der Waals surface area contributed by atoms with Gasteiger partial charge in [-0.05, 0) is 18.6 Å². The van der Waals surface area contributed by atoms with Gasteiger partial charge in [0, 0.05) is 5.92 Å². The minimum absolute atomic E-state index is 0.00312. The van der Waals surface area contributed by atoms with E-state index in [4.69, 9.17) is 4.74 Å². The van der Waals surface area contributed by atoms with Crippen molar-refractivity contribution in [2.75, 3.05) is 0 Å². The third-order valence-electron chi connectivity index (χ3n) is 4.10. The van der Waals surface area contributed by atoms with Crippen LogP contribution in [-0.2, 0) is 4.74 Å². The van der Waals surface area contributed by atoms with Crippen molar-refractivity contribution in [3.05, 3.63) is 40.9 Å². The van der Waals surface area contributed by atoms with Crippen molar-refractivity contribution < 1.29 is 9.84 Å². The number of aliphatic hydroxyl groups is 1. The van der Waals surface area contributed by atoms with Gasteiger partial charge in [-0.15, -0.1) is 0 Å². The quantitative estimate of drug-likeness (QED) is 0.905. The van der Waals surface area contributed by atoms with Gasteiger partial charge in [-0.3, -0.25) is 9.36 Å². The van der Waals surface area contributed by atoms with Gasteiger partial charge in [-0.1, -0.05) is 26.0 Å². The highest BCUT2D eigenvalue weighted by Crippen LogP contribution is 2.34. The zero-order valence-corrected chi connectivity index (χ0v) is 11.6. The average Bonchev–Trinajstić information content (AvgIpc) is 2.76. The molecule has 0 aliphatic carbocycles. The normalized spacial score (nSPS) is 29.9. The molecule has 1 aromatic heterocycles. The lowest BCUT2D eigenvalue weighted by atomic mass is 9.99. The lowest BCUT2D eigenvalue weighted by Crippen LogP contribution is -2.31. The minimum Gasteiger partial charge on any atom is -0.388 e. The molecule has 1 aliphatic heterocycles. The number of benzene rings is 1. The predicted octanol–water partition coefficient (Wildman–Crippen LogP) is 1.70. The monoisotopic (exact) mass is 274 g/mol. The van der Waals surface area contributed by atoms with Crippen LogP contribution >= 0.6 is 0 Å². The molecule has 0 amide bonds. The fourth-order valence-electron chi connectivity index (χ4n) is 2.83. The van der Waals surface area contributed by atoms with E-state index in [-0.39, 0.29) is 17.6 Å². The first-order valence-electron chi connectivity index (χ1n) is 6.93. The summed E-state index contributed by atoms with van der Waals surface area (Å²) in [6.45, 7) is 3.95. The molecule has 1 N–H and O–H groups in total. The van der Waals surface area contributed by atoms with Gasteiger partial charge in [0.2, 0.25) is 0 Å². The van der Waals surface area contributed by atoms with Crippen LogP contribution in [-0.4, -0.2) is 26.9 Å². The van der Waals surface area contributed by atoms with E-state index >= 15 is 0 Å². The van der Waals surface area contributed by atoms with Crippen LogP contribution in [0.1, 0.15) is 26.5 Å². The highest BCUT2D eigenvalue weighted by molar-refractivity contribution is 5.76. The van der Waals surface area contributed by atoms with Gasteiger partial charge in [-0.2, -0.15) is 0 Å². The fourth-order valence-corrected chi connectivity index (χ4v) is 2.83. The van der Waals surface area contributed by atoms with Crippen molar-refractivity contribution in [3.63, 3.8) is 0 Å². The van der Waals surface area contributed by atoms with Crippen LogP contribution in [0.5, 0.6) is 0 Å². The summed E-state index contributed by atoms with van der Waals surface area (Å²) < 4.78 is 7.23. The first kappa shape index (κ1) is 13.3. The van der Waals surface area contributed by atoms with E-state index < -0.39 is 12.3 Å². The maximum Gasteiger partial charge on any atom is 0.263 e. The Morgan fingerprint density at radius 3 is 2.85 bits per heavy atom. The summed E-state index contributed by atoms with van der Waals surface area (Å²) in [5, 5.41) is 10.8. The van der Waals surface area contributed by atoms with Crippen LogP contribution in [0.3, 0.4) is 0 Å². The Kier molecular flexibility index (Phi) is 3.31. The van der Waals surface area contributed by atoms with E-state index in [0.717, 1.165) is 6.42 Å². The number of aromatic nitrogens is 2. The molecule has 0 bridgehead atoms. The Morgan fingerprint density at radius 1 is 1.40 bits per heavy atom. The number of nitrogens with zero attached hydrogens (tertiary/aromatic N) is 2.